The topological polar surface area (TPSA) is 91.6 Å². The number of aryl methyl sites for hydroxylation is 1. The first-order valence-electron chi connectivity index (χ1n) is 14.6. The van der Waals surface area contributed by atoms with Crippen LogP contribution in [-0.2, 0) is 15.7 Å². The Morgan fingerprint density at radius 1 is 1.24 bits per heavy atom. The van der Waals surface area contributed by atoms with Gasteiger partial charge in [-0.1, -0.05) is 26.8 Å². The van der Waals surface area contributed by atoms with E-state index in [-0.39, 0.29) is 16.9 Å². The maximum absolute atomic E-state index is 15.2. The zero-order valence-electron chi connectivity index (χ0n) is 26.6. The van der Waals surface area contributed by atoms with E-state index in [0.29, 0.717) is 54.8 Å². The molecule has 2 aromatic heterocycles. The largest absolute Gasteiger partial charge is 0.415 e. The maximum atomic E-state index is 15.2. The van der Waals surface area contributed by atoms with E-state index in [2.05, 4.69) is 56.3 Å². The average molecular weight is 599 g/mol. The van der Waals surface area contributed by atoms with Crippen molar-refractivity contribution >= 4 is 43.3 Å². The van der Waals surface area contributed by atoms with Crippen LogP contribution in [0.25, 0.3) is 5.65 Å². The molecule has 3 aromatic rings. The highest BCUT2D eigenvalue weighted by Gasteiger charge is 2.37. The molecule has 0 saturated carbocycles. The number of halogens is 1. The number of aliphatic imine (C=N–C) groups is 1. The quantitative estimate of drug-likeness (QED) is 0.170. The zero-order chi connectivity index (χ0) is 30.7. The number of fused-ring (bicyclic) bond motifs is 1. The molecule has 0 amide bonds. The van der Waals surface area contributed by atoms with Gasteiger partial charge in [-0.25, -0.2) is 14.4 Å². The minimum absolute atomic E-state index is 0.0546. The van der Waals surface area contributed by atoms with Crippen LogP contribution in [0.15, 0.2) is 29.3 Å². The fraction of sp³-hybridized carbons (Fsp3) is 0.567. The highest BCUT2D eigenvalue weighted by Crippen LogP contribution is 2.36. The molecule has 4 rings (SSSR count). The normalized spacial score (nSPS) is 15.5. The van der Waals surface area contributed by atoms with E-state index in [0.717, 1.165) is 24.6 Å². The molecule has 230 valence electrons. The van der Waals surface area contributed by atoms with Crippen LogP contribution in [0.5, 0.6) is 0 Å². The molecular weight excluding hydrogens is 551 g/mol. The summed E-state index contributed by atoms with van der Waals surface area (Å²) in [5.41, 5.74) is 3.26. The summed E-state index contributed by atoms with van der Waals surface area (Å²) in [6.07, 6.45) is 1.75. The Balaban J connectivity index is 1.62. The van der Waals surface area contributed by atoms with Crippen molar-refractivity contribution in [1.82, 2.24) is 24.8 Å². The van der Waals surface area contributed by atoms with Crippen LogP contribution in [-0.4, -0.2) is 87.2 Å². The summed E-state index contributed by atoms with van der Waals surface area (Å²) in [6, 6.07) is 7.10. The lowest BCUT2D eigenvalue weighted by Gasteiger charge is -2.37. The van der Waals surface area contributed by atoms with Gasteiger partial charge in [0.05, 0.1) is 25.2 Å². The van der Waals surface area contributed by atoms with E-state index in [1.165, 1.54) is 6.07 Å². The molecule has 0 radical (unpaired) electrons. The van der Waals surface area contributed by atoms with Crippen molar-refractivity contribution in [2.24, 2.45) is 4.99 Å². The second-order valence-electron chi connectivity index (χ2n) is 12.7. The molecule has 42 heavy (non-hydrogen) atoms. The highest BCUT2D eigenvalue weighted by molar-refractivity contribution is 6.74. The number of morpholine rings is 1. The van der Waals surface area contributed by atoms with Crippen molar-refractivity contribution in [2.75, 3.05) is 57.2 Å². The van der Waals surface area contributed by atoms with E-state index in [1.807, 2.05) is 38.1 Å². The summed E-state index contributed by atoms with van der Waals surface area (Å²) in [6.45, 7) is 18.8. The Kier molecular flexibility index (Phi) is 9.91. The van der Waals surface area contributed by atoms with Gasteiger partial charge in [0.15, 0.2) is 25.6 Å². The number of nitrogens with zero attached hydrogens (tertiary/aromatic N) is 6. The van der Waals surface area contributed by atoms with Crippen LogP contribution in [0.3, 0.4) is 0 Å². The second-order valence-corrected chi connectivity index (χ2v) is 17.5. The number of benzene rings is 1. The molecule has 1 atom stereocenters. The van der Waals surface area contributed by atoms with E-state index in [1.54, 1.807) is 16.9 Å². The van der Waals surface area contributed by atoms with Crippen LogP contribution in [0.1, 0.15) is 39.0 Å². The maximum Gasteiger partial charge on any atom is 0.192 e. The third-order valence-corrected chi connectivity index (χ3v) is 12.5. The minimum Gasteiger partial charge on any atom is -0.415 e. The minimum atomic E-state index is -1.87. The molecule has 1 aromatic carbocycles. The number of aromatic nitrogens is 3. The van der Waals surface area contributed by atoms with Gasteiger partial charge in [-0.2, -0.15) is 4.52 Å². The SMILES string of the molecule is Cc1nc2c(N=CN(C)C)cc(N3CCOCC3)nn2c1Nc1cccc(F)c1CNC(C)CO[Si](C)(C)C(C)(C)C. The molecule has 1 aliphatic rings. The fourth-order valence-electron chi connectivity index (χ4n) is 4.33. The van der Waals surface area contributed by atoms with Crippen molar-refractivity contribution in [3.8, 4) is 0 Å². The number of rotatable bonds is 11. The smallest absolute Gasteiger partial charge is 0.192 e. The van der Waals surface area contributed by atoms with Gasteiger partial charge in [-0.15, -0.1) is 5.10 Å². The molecule has 1 saturated heterocycles. The number of ether oxygens (including phenoxy) is 1. The molecule has 3 heterocycles. The Morgan fingerprint density at radius 2 is 1.95 bits per heavy atom. The van der Waals surface area contributed by atoms with Crippen LogP contribution >= 0.6 is 0 Å². The van der Waals surface area contributed by atoms with E-state index in [4.69, 9.17) is 24.2 Å². The Morgan fingerprint density at radius 3 is 2.62 bits per heavy atom. The van der Waals surface area contributed by atoms with E-state index in [9.17, 15) is 0 Å². The van der Waals surface area contributed by atoms with Gasteiger partial charge in [-0.3, -0.25) is 0 Å². The summed E-state index contributed by atoms with van der Waals surface area (Å²) in [5.74, 6) is 1.17. The van der Waals surface area contributed by atoms with Gasteiger partial charge < -0.3 is 29.6 Å². The Labute approximate surface area is 250 Å². The van der Waals surface area contributed by atoms with Gasteiger partial charge in [0, 0.05) is 63.7 Å². The third kappa shape index (κ3) is 7.47. The molecule has 10 nitrogen and oxygen atoms in total. The standard InChI is InChI=1S/C30H47FN8O2Si/c1-21(19-41-42(8,9)30(3,4)5)32-18-23-24(31)11-10-12-25(23)35-28-22(2)34-29-26(33-20-37(6)7)17-27(36-39(28)29)38-13-15-40-16-14-38/h10-12,17,20-21,32,35H,13-16,18-19H2,1-9H3. The first-order chi connectivity index (χ1) is 19.8. The summed E-state index contributed by atoms with van der Waals surface area (Å²) in [7, 11) is 1.98. The van der Waals surface area contributed by atoms with E-state index >= 15 is 4.39 Å². The molecule has 1 fully saturated rings. The highest BCUT2D eigenvalue weighted by atomic mass is 28.4. The van der Waals surface area contributed by atoms with Crippen molar-refractivity contribution < 1.29 is 13.6 Å². The molecule has 1 aliphatic heterocycles. The fourth-order valence-corrected chi connectivity index (χ4v) is 5.43. The van der Waals surface area contributed by atoms with Gasteiger partial charge in [0.25, 0.3) is 0 Å². The first kappa shape index (κ1) is 31.9. The summed E-state index contributed by atoms with van der Waals surface area (Å²) < 4.78 is 28.9. The molecule has 2 N–H and O–H groups in total. The molecular formula is C30H47FN8O2Si. The van der Waals surface area contributed by atoms with Crippen LogP contribution in [0.2, 0.25) is 18.1 Å². The predicted octanol–water partition coefficient (Wildman–Crippen LogP) is 5.48. The number of hydrogen-bond donors (Lipinski definition) is 2. The summed E-state index contributed by atoms with van der Waals surface area (Å²) in [4.78, 5) is 13.6. The first-order valence-corrected chi connectivity index (χ1v) is 17.5. The lowest BCUT2D eigenvalue weighted by atomic mass is 10.1. The van der Waals surface area contributed by atoms with Crippen LogP contribution in [0.4, 0.5) is 27.4 Å². The third-order valence-electron chi connectivity index (χ3n) is 7.99. The summed E-state index contributed by atoms with van der Waals surface area (Å²) >= 11 is 0. The van der Waals surface area contributed by atoms with Crippen molar-refractivity contribution in [3.63, 3.8) is 0 Å². The number of hydrogen-bond acceptors (Lipinski definition) is 8. The second kappa shape index (κ2) is 13.1. The van der Waals surface area contributed by atoms with Gasteiger partial charge in [-0.05, 0) is 44.1 Å². The van der Waals surface area contributed by atoms with E-state index < -0.39 is 8.32 Å². The molecule has 0 spiro atoms. The predicted molar refractivity (Wildman–Crippen MR) is 172 cm³/mol. The lowest BCUT2D eigenvalue weighted by molar-refractivity contribution is 0.122. The number of imidazole rings is 1. The van der Waals surface area contributed by atoms with Crippen molar-refractivity contribution in [3.05, 3.63) is 41.3 Å². The zero-order valence-corrected chi connectivity index (χ0v) is 27.6. The molecule has 1 unspecified atom stereocenters. The molecule has 0 bridgehead atoms. The Bertz CT molecular complexity index is 1400. The number of anilines is 3. The average Bonchev–Trinajstić information content (AvgIpc) is 3.24. The monoisotopic (exact) mass is 598 g/mol. The van der Waals surface area contributed by atoms with Crippen LogP contribution < -0.4 is 15.5 Å². The van der Waals surface area contributed by atoms with Crippen molar-refractivity contribution in [1.29, 1.82) is 0 Å². The Hall–Kier alpha value is -3.06. The molecule has 0 aliphatic carbocycles. The van der Waals surface area contributed by atoms with Crippen LogP contribution in [0, 0.1) is 12.7 Å². The van der Waals surface area contributed by atoms with Gasteiger partial charge in [0.1, 0.15) is 11.5 Å². The van der Waals surface area contributed by atoms with Gasteiger partial charge in [0.2, 0.25) is 0 Å². The van der Waals surface area contributed by atoms with Crippen molar-refractivity contribution in [2.45, 2.75) is 65.3 Å². The number of nitrogens with one attached hydrogen (secondary N) is 2. The summed E-state index contributed by atoms with van der Waals surface area (Å²) in [5, 5.41) is 12.0. The lowest BCUT2D eigenvalue weighted by Crippen LogP contribution is -2.44. The molecule has 12 heteroatoms. The van der Waals surface area contributed by atoms with Gasteiger partial charge >= 0.3 is 0 Å².